The number of benzene rings is 2. The summed E-state index contributed by atoms with van der Waals surface area (Å²) < 4.78 is 0. The molecule has 0 aliphatic carbocycles. The van der Waals surface area contributed by atoms with Gasteiger partial charge in [-0.25, -0.2) is 0 Å². The van der Waals surface area contributed by atoms with Crippen LogP contribution in [0.4, 0.5) is 5.69 Å². The Kier molecular flexibility index (Phi) is 4.24. The third-order valence-electron chi connectivity index (χ3n) is 2.42. The topological polar surface area (TPSA) is 24.4 Å². The lowest BCUT2D eigenvalue weighted by Gasteiger charge is -2.02. The first-order valence-electron chi connectivity index (χ1n) is 5.47. The minimum atomic E-state index is 0.396. The molecule has 2 aromatic carbocycles. The highest BCUT2D eigenvalue weighted by molar-refractivity contribution is 6.69. The van der Waals surface area contributed by atoms with Gasteiger partial charge in [-0.1, -0.05) is 53.0 Å². The van der Waals surface area contributed by atoms with E-state index in [1.54, 1.807) is 12.1 Å². The van der Waals surface area contributed by atoms with Crippen LogP contribution in [0.2, 0.25) is 5.02 Å². The molecule has 0 heterocycles. The summed E-state index contributed by atoms with van der Waals surface area (Å²) in [6, 6.07) is 15.1. The molecule has 92 valence electrons. The maximum Gasteiger partial charge on any atom is 0.156 e. The van der Waals surface area contributed by atoms with Crippen LogP contribution in [0.25, 0.3) is 0 Å². The molecule has 1 N–H and O–H groups in total. The number of hydrazone groups is 1. The van der Waals surface area contributed by atoms with Crippen molar-refractivity contribution in [3.8, 4) is 0 Å². The van der Waals surface area contributed by atoms with Gasteiger partial charge < -0.3 is 0 Å². The largest absolute Gasteiger partial charge is 0.277 e. The molecule has 0 spiro atoms. The predicted molar refractivity (Wildman–Crippen MR) is 78.6 cm³/mol. The summed E-state index contributed by atoms with van der Waals surface area (Å²) in [6.45, 7) is 2.04. The molecule has 0 fully saturated rings. The van der Waals surface area contributed by atoms with Crippen molar-refractivity contribution < 1.29 is 0 Å². The third kappa shape index (κ3) is 3.49. The highest BCUT2D eigenvalue weighted by Gasteiger charge is 1.99. The molecule has 0 atom stereocenters. The number of hydrogen-bond acceptors (Lipinski definition) is 2. The number of nitrogens with one attached hydrogen (secondary N) is 1. The molecule has 4 heteroatoms. The summed E-state index contributed by atoms with van der Waals surface area (Å²) in [5, 5.41) is 5.18. The number of rotatable bonds is 3. The summed E-state index contributed by atoms with van der Waals surface area (Å²) in [5.41, 5.74) is 5.83. The molecule has 0 saturated heterocycles. The second-order valence-electron chi connectivity index (χ2n) is 3.89. The van der Waals surface area contributed by atoms with Crippen molar-refractivity contribution >= 4 is 34.1 Å². The van der Waals surface area contributed by atoms with Crippen molar-refractivity contribution in [2.75, 3.05) is 5.43 Å². The van der Waals surface area contributed by atoms with Gasteiger partial charge >= 0.3 is 0 Å². The van der Waals surface area contributed by atoms with E-state index in [-0.39, 0.29) is 0 Å². The van der Waals surface area contributed by atoms with Gasteiger partial charge in [0.05, 0.1) is 5.69 Å². The van der Waals surface area contributed by atoms with Crippen molar-refractivity contribution in [3.05, 3.63) is 64.7 Å². The van der Waals surface area contributed by atoms with E-state index in [9.17, 15) is 0 Å². The highest BCUT2D eigenvalue weighted by Crippen LogP contribution is 2.13. The molecule has 0 aromatic heterocycles. The molecule has 2 rings (SSSR count). The molecular weight excluding hydrogens is 267 g/mol. The van der Waals surface area contributed by atoms with Crippen molar-refractivity contribution in [2.24, 2.45) is 5.10 Å². The monoisotopic (exact) mass is 278 g/mol. The molecule has 0 aliphatic heterocycles. The van der Waals surface area contributed by atoms with E-state index >= 15 is 0 Å². The van der Waals surface area contributed by atoms with E-state index in [0.717, 1.165) is 11.3 Å². The van der Waals surface area contributed by atoms with Gasteiger partial charge in [0.15, 0.2) is 5.17 Å². The first kappa shape index (κ1) is 12.9. The van der Waals surface area contributed by atoms with Gasteiger partial charge in [-0.05, 0) is 31.2 Å². The second kappa shape index (κ2) is 5.89. The lowest BCUT2D eigenvalue weighted by atomic mass is 10.2. The van der Waals surface area contributed by atoms with Crippen molar-refractivity contribution in [1.82, 2.24) is 0 Å². The van der Waals surface area contributed by atoms with E-state index in [1.807, 2.05) is 43.3 Å². The number of halogens is 2. The van der Waals surface area contributed by atoms with Gasteiger partial charge in [0.25, 0.3) is 0 Å². The predicted octanol–water partition coefficient (Wildman–Crippen LogP) is 4.66. The quantitative estimate of drug-likeness (QED) is 0.641. The normalized spacial score (nSPS) is 11.4. The van der Waals surface area contributed by atoms with Crippen LogP contribution in [0.1, 0.15) is 11.1 Å². The summed E-state index contributed by atoms with van der Waals surface area (Å²) in [7, 11) is 0. The Balaban J connectivity index is 2.09. The third-order valence-corrected chi connectivity index (χ3v) is 2.97. The van der Waals surface area contributed by atoms with E-state index in [1.165, 1.54) is 5.56 Å². The molecule has 0 radical (unpaired) electrons. The van der Waals surface area contributed by atoms with E-state index < -0.39 is 0 Å². The fourth-order valence-electron chi connectivity index (χ4n) is 1.39. The van der Waals surface area contributed by atoms with Crippen LogP contribution in [0, 0.1) is 6.92 Å². The Morgan fingerprint density at radius 1 is 1.00 bits per heavy atom. The first-order valence-corrected chi connectivity index (χ1v) is 6.22. The Morgan fingerprint density at radius 3 is 2.22 bits per heavy atom. The van der Waals surface area contributed by atoms with Crippen LogP contribution in [0.5, 0.6) is 0 Å². The SMILES string of the molecule is Cc1ccc(N/N=C(\Cl)c2ccc(Cl)cc2)cc1. The average molecular weight is 279 g/mol. The van der Waals surface area contributed by atoms with Gasteiger partial charge in [0.1, 0.15) is 0 Å². The van der Waals surface area contributed by atoms with Crippen LogP contribution in [0.15, 0.2) is 53.6 Å². The minimum Gasteiger partial charge on any atom is -0.277 e. The minimum absolute atomic E-state index is 0.396. The smallest absolute Gasteiger partial charge is 0.156 e. The second-order valence-corrected chi connectivity index (χ2v) is 4.68. The molecule has 0 aliphatic rings. The Bertz CT molecular complexity index is 545. The van der Waals surface area contributed by atoms with E-state index in [0.29, 0.717) is 10.2 Å². The van der Waals surface area contributed by atoms with Crippen LogP contribution >= 0.6 is 23.2 Å². The van der Waals surface area contributed by atoms with Gasteiger partial charge in [-0.2, -0.15) is 5.10 Å². The molecule has 0 amide bonds. The number of anilines is 1. The summed E-state index contributed by atoms with van der Waals surface area (Å²) in [6.07, 6.45) is 0. The Labute approximate surface area is 116 Å². The standard InChI is InChI=1S/C14H12Cl2N2/c1-10-2-8-13(9-3-10)17-18-14(16)11-4-6-12(15)7-5-11/h2-9,17H,1H3/b18-14-. The number of nitrogens with zero attached hydrogens (tertiary/aromatic N) is 1. The summed E-state index contributed by atoms with van der Waals surface area (Å²) in [4.78, 5) is 0. The van der Waals surface area contributed by atoms with Gasteiger partial charge in [0, 0.05) is 10.6 Å². The van der Waals surface area contributed by atoms with Crippen LogP contribution in [0.3, 0.4) is 0 Å². The fourth-order valence-corrected chi connectivity index (χ4v) is 1.69. The summed E-state index contributed by atoms with van der Waals surface area (Å²) in [5.74, 6) is 0. The highest BCUT2D eigenvalue weighted by atomic mass is 35.5. The van der Waals surface area contributed by atoms with Crippen molar-refractivity contribution in [2.45, 2.75) is 6.92 Å². The lowest BCUT2D eigenvalue weighted by molar-refractivity contribution is 1.33. The summed E-state index contributed by atoms with van der Waals surface area (Å²) >= 11 is 11.9. The number of hydrogen-bond donors (Lipinski definition) is 1. The fraction of sp³-hybridized carbons (Fsp3) is 0.0714. The van der Waals surface area contributed by atoms with Crippen molar-refractivity contribution in [1.29, 1.82) is 0 Å². The van der Waals surface area contributed by atoms with Crippen LogP contribution in [-0.4, -0.2) is 5.17 Å². The maximum absolute atomic E-state index is 6.08. The van der Waals surface area contributed by atoms with Gasteiger partial charge in [-0.3, -0.25) is 5.43 Å². The molecule has 18 heavy (non-hydrogen) atoms. The molecule has 2 aromatic rings. The molecular formula is C14H12Cl2N2. The molecule has 0 unspecified atom stereocenters. The van der Waals surface area contributed by atoms with Gasteiger partial charge in [-0.15, -0.1) is 0 Å². The van der Waals surface area contributed by atoms with Crippen LogP contribution < -0.4 is 5.43 Å². The number of aryl methyl sites for hydroxylation is 1. The first-order chi connectivity index (χ1) is 8.65. The van der Waals surface area contributed by atoms with E-state index in [2.05, 4.69) is 10.5 Å². The molecule has 0 bridgehead atoms. The zero-order chi connectivity index (χ0) is 13.0. The van der Waals surface area contributed by atoms with E-state index in [4.69, 9.17) is 23.2 Å². The van der Waals surface area contributed by atoms with Crippen LogP contribution in [-0.2, 0) is 0 Å². The molecule has 2 nitrogen and oxygen atoms in total. The average Bonchev–Trinajstić information content (AvgIpc) is 2.38. The molecule has 0 saturated carbocycles. The Morgan fingerprint density at radius 2 is 1.61 bits per heavy atom. The van der Waals surface area contributed by atoms with Gasteiger partial charge in [0.2, 0.25) is 0 Å². The zero-order valence-electron chi connectivity index (χ0n) is 9.82. The van der Waals surface area contributed by atoms with Crippen molar-refractivity contribution in [3.63, 3.8) is 0 Å². The Hall–Kier alpha value is -1.51. The zero-order valence-corrected chi connectivity index (χ0v) is 11.3. The maximum atomic E-state index is 6.08. The lowest BCUT2D eigenvalue weighted by Crippen LogP contribution is -1.96.